The van der Waals surface area contributed by atoms with E-state index >= 15 is 0 Å². The molecule has 2 heterocycles. The van der Waals surface area contributed by atoms with Crippen molar-refractivity contribution in [2.75, 3.05) is 29.5 Å². The van der Waals surface area contributed by atoms with Crippen LogP contribution in [0.3, 0.4) is 0 Å². The Bertz CT molecular complexity index is 1160. The molecule has 1 atom stereocenters. The van der Waals surface area contributed by atoms with Gasteiger partial charge in [0.15, 0.2) is 18.5 Å². The van der Waals surface area contributed by atoms with E-state index in [0.29, 0.717) is 23.7 Å². The lowest BCUT2D eigenvalue weighted by molar-refractivity contribution is -0.384. The van der Waals surface area contributed by atoms with Gasteiger partial charge < -0.3 is 14.4 Å². The Morgan fingerprint density at radius 2 is 1.82 bits per heavy atom. The Hall–Kier alpha value is -3.95. The molecule has 4 rings (SSSR count). The second-order valence-corrected chi connectivity index (χ2v) is 8.15. The van der Waals surface area contributed by atoms with E-state index < -0.39 is 16.9 Å². The molecular weight excluding hydrogens is 430 g/mol. The molecule has 10 heteroatoms. The molecule has 10 nitrogen and oxygen atoms in total. The number of Topliss-reactive ketones (excluding diaryl/α,β-unsaturated/α-hetero) is 1. The van der Waals surface area contributed by atoms with E-state index in [1.165, 1.54) is 28.0 Å². The van der Waals surface area contributed by atoms with Gasteiger partial charge in [0.05, 0.1) is 22.8 Å². The first kappa shape index (κ1) is 22.3. The monoisotopic (exact) mass is 453 g/mol. The standard InChI is InChI=1S/C23H23N3O7/c1-4-24-16-9-14(5-7-19(16)32-12-21(24)28)18(27)11-25-17-10-15(26(30)31)6-8-20(17)33-22(13(2)3)23(25)29/h5-10,13,22H,4,11-12H2,1-3H3. The van der Waals surface area contributed by atoms with Crippen molar-refractivity contribution in [3.05, 3.63) is 52.1 Å². The SMILES string of the molecule is CCN1C(=O)COc2ccc(C(=O)CN3C(=O)C(C(C)C)Oc4ccc([N+](=O)[O-])cc43)cc21. The average Bonchev–Trinajstić information content (AvgIpc) is 2.79. The Morgan fingerprint density at radius 3 is 2.48 bits per heavy atom. The van der Waals surface area contributed by atoms with Gasteiger partial charge in [-0.1, -0.05) is 13.8 Å². The van der Waals surface area contributed by atoms with Gasteiger partial charge in [0.1, 0.15) is 11.5 Å². The number of amides is 2. The van der Waals surface area contributed by atoms with Crippen LogP contribution >= 0.6 is 0 Å². The fraction of sp³-hybridized carbons (Fsp3) is 0.348. The van der Waals surface area contributed by atoms with Crippen molar-refractivity contribution in [1.82, 2.24) is 0 Å². The summed E-state index contributed by atoms with van der Waals surface area (Å²) in [6.07, 6.45) is -0.822. The summed E-state index contributed by atoms with van der Waals surface area (Å²) in [5.41, 5.74) is 0.738. The number of benzene rings is 2. The molecule has 172 valence electrons. The minimum atomic E-state index is -0.822. The summed E-state index contributed by atoms with van der Waals surface area (Å²) in [5.74, 6) is -0.424. The van der Waals surface area contributed by atoms with Gasteiger partial charge in [-0.15, -0.1) is 0 Å². The molecule has 2 aliphatic rings. The molecule has 2 aromatic carbocycles. The highest BCUT2D eigenvalue weighted by molar-refractivity contribution is 6.09. The quantitative estimate of drug-likeness (QED) is 0.375. The summed E-state index contributed by atoms with van der Waals surface area (Å²) in [4.78, 5) is 52.0. The van der Waals surface area contributed by atoms with Gasteiger partial charge in [-0.2, -0.15) is 0 Å². The van der Waals surface area contributed by atoms with Crippen molar-refractivity contribution >= 4 is 34.7 Å². The van der Waals surface area contributed by atoms with E-state index in [-0.39, 0.29) is 47.7 Å². The molecule has 0 aromatic heterocycles. The lowest BCUT2D eigenvalue weighted by Crippen LogP contribution is -2.50. The van der Waals surface area contributed by atoms with Gasteiger partial charge in [-0.25, -0.2) is 0 Å². The minimum Gasteiger partial charge on any atom is -0.482 e. The minimum absolute atomic E-state index is 0.0669. The molecule has 0 bridgehead atoms. The van der Waals surface area contributed by atoms with Crippen LogP contribution in [0.4, 0.5) is 17.1 Å². The molecule has 0 radical (unpaired) electrons. The van der Waals surface area contributed by atoms with Crippen LogP contribution in [0.15, 0.2) is 36.4 Å². The molecule has 0 fully saturated rings. The zero-order valence-electron chi connectivity index (χ0n) is 18.4. The molecule has 0 aliphatic carbocycles. The zero-order chi connectivity index (χ0) is 23.9. The molecule has 0 N–H and O–H groups in total. The topological polar surface area (TPSA) is 119 Å². The van der Waals surface area contributed by atoms with E-state index in [1.54, 1.807) is 18.2 Å². The first-order valence-electron chi connectivity index (χ1n) is 10.6. The number of carbonyl (C=O) groups excluding carboxylic acids is 3. The van der Waals surface area contributed by atoms with Gasteiger partial charge >= 0.3 is 0 Å². The summed E-state index contributed by atoms with van der Waals surface area (Å²) in [7, 11) is 0. The van der Waals surface area contributed by atoms with Crippen LogP contribution < -0.4 is 19.3 Å². The summed E-state index contributed by atoms with van der Waals surface area (Å²) < 4.78 is 11.2. The number of fused-ring (bicyclic) bond motifs is 2. The normalized spacial score (nSPS) is 17.3. The summed E-state index contributed by atoms with van der Waals surface area (Å²) in [5, 5.41) is 11.3. The first-order chi connectivity index (χ1) is 15.7. The maximum absolute atomic E-state index is 13.2. The van der Waals surface area contributed by atoms with Crippen molar-refractivity contribution in [2.45, 2.75) is 26.9 Å². The van der Waals surface area contributed by atoms with Crippen molar-refractivity contribution in [3.63, 3.8) is 0 Å². The Morgan fingerprint density at radius 1 is 1.12 bits per heavy atom. The number of likely N-dealkylation sites (N-methyl/N-ethyl adjacent to an activating group) is 1. The Kier molecular flexibility index (Phi) is 5.75. The molecule has 0 saturated heterocycles. The summed E-state index contributed by atoms with van der Waals surface area (Å²) in [6.45, 7) is 5.48. The largest absolute Gasteiger partial charge is 0.482 e. The molecule has 2 aliphatic heterocycles. The maximum atomic E-state index is 13.2. The van der Waals surface area contributed by atoms with Crippen molar-refractivity contribution in [3.8, 4) is 11.5 Å². The Balaban J connectivity index is 1.69. The van der Waals surface area contributed by atoms with Crippen LogP contribution in [0.2, 0.25) is 0 Å². The number of anilines is 2. The van der Waals surface area contributed by atoms with Gasteiger partial charge in [-0.05, 0) is 37.1 Å². The predicted octanol–water partition coefficient (Wildman–Crippen LogP) is 2.97. The number of rotatable bonds is 6. The smallest absolute Gasteiger partial charge is 0.271 e. The van der Waals surface area contributed by atoms with Crippen LogP contribution in [-0.2, 0) is 9.59 Å². The van der Waals surface area contributed by atoms with E-state index in [2.05, 4.69) is 0 Å². The number of carbonyl (C=O) groups is 3. The maximum Gasteiger partial charge on any atom is 0.271 e. The second-order valence-electron chi connectivity index (χ2n) is 8.15. The number of nitro benzene ring substituents is 1. The number of nitro groups is 1. The van der Waals surface area contributed by atoms with Gasteiger partial charge in [0, 0.05) is 24.2 Å². The fourth-order valence-electron chi connectivity index (χ4n) is 3.93. The fourth-order valence-corrected chi connectivity index (χ4v) is 3.93. The molecule has 0 spiro atoms. The molecule has 1 unspecified atom stereocenters. The van der Waals surface area contributed by atoms with Crippen LogP contribution in [-0.4, -0.2) is 48.3 Å². The lowest BCUT2D eigenvalue weighted by Gasteiger charge is -2.35. The first-order valence-corrected chi connectivity index (χ1v) is 10.6. The highest BCUT2D eigenvalue weighted by Crippen LogP contribution is 2.39. The molecule has 0 saturated carbocycles. The van der Waals surface area contributed by atoms with Crippen molar-refractivity contribution in [2.24, 2.45) is 5.92 Å². The lowest BCUT2D eigenvalue weighted by atomic mass is 10.0. The molecule has 33 heavy (non-hydrogen) atoms. The number of hydrogen-bond donors (Lipinski definition) is 0. The highest BCUT2D eigenvalue weighted by Gasteiger charge is 2.38. The number of ether oxygens (including phenoxy) is 2. The highest BCUT2D eigenvalue weighted by atomic mass is 16.6. The number of non-ortho nitro benzene ring substituents is 1. The van der Waals surface area contributed by atoms with Gasteiger partial charge in [0.25, 0.3) is 17.5 Å². The van der Waals surface area contributed by atoms with E-state index in [9.17, 15) is 24.5 Å². The zero-order valence-corrected chi connectivity index (χ0v) is 18.4. The predicted molar refractivity (Wildman–Crippen MR) is 119 cm³/mol. The molecule has 2 amide bonds. The number of ketones is 1. The summed E-state index contributed by atoms with van der Waals surface area (Å²) in [6, 6.07) is 8.73. The third-order valence-corrected chi connectivity index (χ3v) is 5.65. The Labute approximate surface area is 189 Å². The van der Waals surface area contributed by atoms with E-state index in [0.717, 1.165) is 0 Å². The average molecular weight is 453 g/mol. The van der Waals surface area contributed by atoms with Crippen LogP contribution in [0.25, 0.3) is 0 Å². The summed E-state index contributed by atoms with van der Waals surface area (Å²) >= 11 is 0. The van der Waals surface area contributed by atoms with Crippen LogP contribution in [0.5, 0.6) is 11.5 Å². The van der Waals surface area contributed by atoms with Gasteiger partial charge in [-0.3, -0.25) is 29.4 Å². The molecular formula is C23H23N3O7. The third kappa shape index (κ3) is 3.99. The van der Waals surface area contributed by atoms with E-state index in [4.69, 9.17) is 9.47 Å². The van der Waals surface area contributed by atoms with Crippen LogP contribution in [0, 0.1) is 16.0 Å². The van der Waals surface area contributed by atoms with Gasteiger partial charge in [0.2, 0.25) is 0 Å². The van der Waals surface area contributed by atoms with Crippen molar-refractivity contribution < 1.29 is 28.8 Å². The number of hydrogen-bond acceptors (Lipinski definition) is 7. The second kappa shape index (κ2) is 8.53. The van der Waals surface area contributed by atoms with E-state index in [1.807, 2.05) is 20.8 Å². The van der Waals surface area contributed by atoms with Crippen LogP contribution in [0.1, 0.15) is 31.1 Å². The molecule has 2 aromatic rings. The number of nitrogens with zero attached hydrogens (tertiary/aromatic N) is 3. The van der Waals surface area contributed by atoms with Crippen molar-refractivity contribution in [1.29, 1.82) is 0 Å². The third-order valence-electron chi connectivity index (χ3n) is 5.65.